The van der Waals surface area contributed by atoms with Crippen LogP contribution >= 0.6 is 11.3 Å². The lowest BCUT2D eigenvalue weighted by molar-refractivity contribution is -0.140. The van der Waals surface area contributed by atoms with Crippen molar-refractivity contribution in [3.8, 4) is 0 Å². The number of nitrogens with zero attached hydrogens (tertiary/aromatic N) is 1. The first-order valence-electron chi connectivity index (χ1n) is 6.02. The number of halogens is 4. The van der Waals surface area contributed by atoms with Gasteiger partial charge >= 0.3 is 6.18 Å². The first-order chi connectivity index (χ1) is 9.70. The molecule has 0 fully saturated rings. The summed E-state index contributed by atoms with van der Waals surface area (Å²) in [5.74, 6) is -2.24. The smallest absolute Gasteiger partial charge is 0.294 e. The number of Topliss-reactive ketones (excluding diaryl/α,β-unsaturated/α-hetero) is 1. The summed E-state index contributed by atoms with van der Waals surface area (Å²) < 4.78 is 51.7. The molecule has 2 nitrogen and oxygen atoms in total. The zero-order chi connectivity index (χ0) is 15.8. The first-order valence-corrected chi connectivity index (χ1v) is 6.83. The number of aromatic nitrogens is 1. The zero-order valence-electron chi connectivity index (χ0n) is 11.2. The fourth-order valence-electron chi connectivity index (χ4n) is 1.81. The van der Waals surface area contributed by atoms with Crippen LogP contribution in [-0.4, -0.2) is 10.8 Å². The number of hydrogen-bond acceptors (Lipinski definition) is 3. The second kappa shape index (κ2) is 5.55. The highest BCUT2D eigenvalue weighted by Crippen LogP contribution is 2.32. The maximum Gasteiger partial charge on any atom is 0.419 e. The molecule has 2 aromatic rings. The lowest BCUT2D eigenvalue weighted by Gasteiger charge is -2.10. The van der Waals surface area contributed by atoms with E-state index in [1.165, 1.54) is 11.3 Å². The summed E-state index contributed by atoms with van der Waals surface area (Å²) in [6, 6.07) is 2.70. The van der Waals surface area contributed by atoms with Crippen LogP contribution in [0.3, 0.4) is 0 Å². The molecule has 1 aromatic heterocycles. The van der Waals surface area contributed by atoms with Gasteiger partial charge in [-0.1, -0.05) is 6.07 Å². The number of rotatable bonds is 3. The molecule has 0 spiro atoms. The standard InChI is InChI=1S/C14H11F4NOS/c1-7-8(2)21-12(19-7)6-11(20)9-4-3-5-10(13(9)15)14(16,17)18/h3-5H,6H2,1-2H3. The number of carbonyl (C=O) groups excluding carboxylic acids is 1. The Balaban J connectivity index is 2.32. The highest BCUT2D eigenvalue weighted by Gasteiger charge is 2.35. The van der Waals surface area contributed by atoms with Gasteiger partial charge in [-0.15, -0.1) is 11.3 Å². The molecule has 0 atom stereocenters. The molecule has 0 N–H and O–H groups in total. The highest BCUT2D eigenvalue weighted by atomic mass is 32.1. The van der Waals surface area contributed by atoms with E-state index in [0.717, 1.165) is 22.7 Å². The maximum atomic E-state index is 13.8. The lowest BCUT2D eigenvalue weighted by atomic mass is 10.0. The van der Waals surface area contributed by atoms with Gasteiger partial charge in [0.25, 0.3) is 0 Å². The molecule has 0 radical (unpaired) electrons. The van der Waals surface area contributed by atoms with Gasteiger partial charge in [0.05, 0.1) is 23.2 Å². The molecular weight excluding hydrogens is 306 g/mol. The fraction of sp³-hybridized carbons (Fsp3) is 0.286. The number of ketones is 1. The summed E-state index contributed by atoms with van der Waals surface area (Å²) in [7, 11) is 0. The molecule has 21 heavy (non-hydrogen) atoms. The van der Waals surface area contributed by atoms with Gasteiger partial charge in [-0.25, -0.2) is 9.37 Å². The van der Waals surface area contributed by atoms with E-state index in [2.05, 4.69) is 4.98 Å². The number of aryl methyl sites for hydroxylation is 2. The molecule has 0 saturated heterocycles. The quantitative estimate of drug-likeness (QED) is 0.622. The van der Waals surface area contributed by atoms with E-state index in [1.54, 1.807) is 6.92 Å². The molecule has 0 saturated carbocycles. The summed E-state index contributed by atoms with van der Waals surface area (Å²) >= 11 is 1.28. The topological polar surface area (TPSA) is 30.0 Å². The normalized spacial score (nSPS) is 11.7. The molecule has 1 heterocycles. The van der Waals surface area contributed by atoms with Crippen LogP contribution in [-0.2, 0) is 12.6 Å². The summed E-state index contributed by atoms with van der Waals surface area (Å²) in [6.45, 7) is 3.59. The Hall–Kier alpha value is -1.76. The summed E-state index contributed by atoms with van der Waals surface area (Å²) in [4.78, 5) is 17.0. The van der Waals surface area contributed by atoms with Crippen molar-refractivity contribution in [3.63, 3.8) is 0 Å². The van der Waals surface area contributed by atoms with Crippen LogP contribution in [0.2, 0.25) is 0 Å². The Labute approximate surface area is 122 Å². The molecular formula is C14H11F4NOS. The van der Waals surface area contributed by atoms with E-state index in [9.17, 15) is 22.4 Å². The Morgan fingerprint density at radius 1 is 1.29 bits per heavy atom. The fourth-order valence-corrected chi connectivity index (χ4v) is 2.75. The van der Waals surface area contributed by atoms with Gasteiger partial charge in [0, 0.05) is 4.88 Å². The van der Waals surface area contributed by atoms with Crippen molar-refractivity contribution in [2.24, 2.45) is 0 Å². The van der Waals surface area contributed by atoms with E-state index in [-0.39, 0.29) is 6.42 Å². The Morgan fingerprint density at radius 3 is 2.48 bits per heavy atom. The minimum Gasteiger partial charge on any atom is -0.294 e. The van der Waals surface area contributed by atoms with Crippen LogP contribution in [0.15, 0.2) is 18.2 Å². The predicted molar refractivity (Wildman–Crippen MR) is 71.0 cm³/mol. The third kappa shape index (κ3) is 3.29. The highest BCUT2D eigenvalue weighted by molar-refractivity contribution is 7.11. The van der Waals surface area contributed by atoms with Gasteiger partial charge in [0.2, 0.25) is 0 Å². The van der Waals surface area contributed by atoms with Crippen LogP contribution in [0.1, 0.15) is 31.5 Å². The van der Waals surface area contributed by atoms with Gasteiger partial charge in [0.1, 0.15) is 10.8 Å². The van der Waals surface area contributed by atoms with Crippen molar-refractivity contribution in [1.82, 2.24) is 4.98 Å². The summed E-state index contributed by atoms with van der Waals surface area (Å²) in [6.07, 6.45) is -5.04. The van der Waals surface area contributed by atoms with Crippen LogP contribution in [0.5, 0.6) is 0 Å². The molecule has 0 unspecified atom stereocenters. The van der Waals surface area contributed by atoms with Crippen LogP contribution < -0.4 is 0 Å². The molecule has 0 bridgehead atoms. The Morgan fingerprint density at radius 2 is 1.95 bits per heavy atom. The summed E-state index contributed by atoms with van der Waals surface area (Å²) in [5.41, 5.74) is -1.23. The van der Waals surface area contributed by atoms with Crippen molar-refractivity contribution in [2.45, 2.75) is 26.4 Å². The van der Waals surface area contributed by atoms with Crippen molar-refractivity contribution >= 4 is 17.1 Å². The molecule has 0 aliphatic heterocycles. The van der Waals surface area contributed by atoms with E-state index in [0.29, 0.717) is 11.1 Å². The number of thiazole rings is 1. The number of carbonyl (C=O) groups is 1. The van der Waals surface area contributed by atoms with Crippen molar-refractivity contribution in [3.05, 3.63) is 50.7 Å². The molecule has 0 aliphatic rings. The van der Waals surface area contributed by atoms with Crippen LogP contribution in [0.4, 0.5) is 17.6 Å². The SMILES string of the molecule is Cc1nc(CC(=O)c2cccc(C(F)(F)F)c2F)sc1C. The van der Waals surface area contributed by atoms with E-state index in [1.807, 2.05) is 6.92 Å². The van der Waals surface area contributed by atoms with Crippen molar-refractivity contribution < 1.29 is 22.4 Å². The third-order valence-corrected chi connectivity index (χ3v) is 4.06. The maximum absolute atomic E-state index is 13.8. The van der Waals surface area contributed by atoms with Gasteiger partial charge < -0.3 is 0 Å². The average molecular weight is 317 g/mol. The second-order valence-electron chi connectivity index (χ2n) is 4.51. The Bertz CT molecular complexity index is 671. The van der Waals surface area contributed by atoms with Crippen LogP contribution in [0, 0.1) is 19.7 Å². The molecule has 0 aliphatic carbocycles. The van der Waals surface area contributed by atoms with Gasteiger partial charge in [0.15, 0.2) is 5.78 Å². The van der Waals surface area contributed by atoms with E-state index < -0.39 is 28.9 Å². The number of alkyl halides is 3. The Kier molecular flexibility index (Phi) is 4.13. The largest absolute Gasteiger partial charge is 0.419 e. The molecule has 112 valence electrons. The monoisotopic (exact) mass is 317 g/mol. The molecule has 0 amide bonds. The third-order valence-electron chi connectivity index (χ3n) is 2.99. The van der Waals surface area contributed by atoms with Gasteiger partial charge in [-0.05, 0) is 26.0 Å². The van der Waals surface area contributed by atoms with Crippen molar-refractivity contribution in [1.29, 1.82) is 0 Å². The molecule has 1 aromatic carbocycles. The lowest BCUT2D eigenvalue weighted by Crippen LogP contribution is -2.13. The number of hydrogen-bond donors (Lipinski definition) is 0. The van der Waals surface area contributed by atoms with Gasteiger partial charge in [-0.2, -0.15) is 13.2 Å². The van der Waals surface area contributed by atoms with Gasteiger partial charge in [-0.3, -0.25) is 4.79 Å². The summed E-state index contributed by atoms with van der Waals surface area (Å²) in [5, 5.41) is 0.465. The van der Waals surface area contributed by atoms with Crippen LogP contribution in [0.25, 0.3) is 0 Å². The second-order valence-corrected chi connectivity index (χ2v) is 5.80. The van der Waals surface area contributed by atoms with Crippen molar-refractivity contribution in [2.75, 3.05) is 0 Å². The zero-order valence-corrected chi connectivity index (χ0v) is 12.0. The average Bonchev–Trinajstić information content (AvgIpc) is 2.66. The minimum absolute atomic E-state index is 0.211. The minimum atomic E-state index is -4.82. The van der Waals surface area contributed by atoms with E-state index >= 15 is 0 Å². The molecule has 2 rings (SSSR count). The molecule has 7 heteroatoms. The number of benzene rings is 1. The predicted octanol–water partition coefficient (Wildman–Crippen LogP) is 4.34. The first kappa shape index (κ1) is 15.6. The van der Waals surface area contributed by atoms with E-state index in [4.69, 9.17) is 0 Å².